The zero-order valence-electron chi connectivity index (χ0n) is 14.0. The van der Waals surface area contributed by atoms with Crippen LogP contribution in [0.5, 0.6) is 0 Å². The normalized spacial score (nSPS) is 12.6. The summed E-state index contributed by atoms with van der Waals surface area (Å²) in [5.41, 5.74) is -0.305. The number of benzene rings is 1. The fourth-order valence-electron chi connectivity index (χ4n) is 1.95. The van der Waals surface area contributed by atoms with Crippen LogP contribution >= 0.6 is 11.8 Å². The van der Waals surface area contributed by atoms with E-state index in [1.165, 1.54) is 6.07 Å². The van der Waals surface area contributed by atoms with E-state index in [9.17, 15) is 14.0 Å². The van der Waals surface area contributed by atoms with Crippen LogP contribution in [0.2, 0.25) is 0 Å². The molecule has 6 heteroatoms. The molecule has 0 aromatic heterocycles. The number of nitrogens with one attached hydrogen (secondary N) is 1. The van der Waals surface area contributed by atoms with Gasteiger partial charge < -0.3 is 10.1 Å². The number of hydrogen-bond donors (Lipinski definition) is 1. The van der Waals surface area contributed by atoms with E-state index in [1.54, 1.807) is 50.7 Å². The van der Waals surface area contributed by atoms with Crippen molar-refractivity contribution in [2.75, 3.05) is 12.0 Å². The molecule has 4 nitrogen and oxygen atoms in total. The summed E-state index contributed by atoms with van der Waals surface area (Å²) in [6.07, 6.45) is 1.71. The average Bonchev–Trinajstić information content (AvgIpc) is 2.43. The van der Waals surface area contributed by atoms with Crippen molar-refractivity contribution in [1.29, 1.82) is 0 Å². The third-order valence-electron chi connectivity index (χ3n) is 3.01. The zero-order valence-corrected chi connectivity index (χ0v) is 14.8. The third-order valence-corrected chi connectivity index (χ3v) is 3.66. The molecule has 1 rings (SSSR count). The number of Topliss-reactive ketones (excluding diaryl/α,β-unsaturated/α-hetero) is 1. The van der Waals surface area contributed by atoms with Crippen LogP contribution < -0.4 is 5.32 Å². The third kappa shape index (κ3) is 7.50. The topological polar surface area (TPSA) is 55.4 Å². The first kappa shape index (κ1) is 19.5. The molecule has 0 aliphatic heterocycles. The Labute approximate surface area is 141 Å². The molecule has 0 heterocycles. The van der Waals surface area contributed by atoms with Crippen LogP contribution in [-0.4, -0.2) is 35.5 Å². The lowest BCUT2D eigenvalue weighted by Gasteiger charge is -2.23. The smallest absolute Gasteiger partial charge is 0.408 e. The second-order valence-electron chi connectivity index (χ2n) is 6.21. The molecular formula is C17H24FNO3S. The van der Waals surface area contributed by atoms with Gasteiger partial charge in [-0.15, -0.1) is 0 Å². The molecular weight excluding hydrogens is 317 g/mol. The highest BCUT2D eigenvalue weighted by Gasteiger charge is 2.24. The van der Waals surface area contributed by atoms with Gasteiger partial charge in [-0.05, 0) is 50.8 Å². The van der Waals surface area contributed by atoms with Gasteiger partial charge in [0, 0.05) is 6.42 Å². The minimum Gasteiger partial charge on any atom is -0.444 e. The quantitative estimate of drug-likeness (QED) is 0.823. The lowest BCUT2D eigenvalue weighted by Crippen LogP contribution is -2.44. The standard InChI is InChI=1S/C17H24FNO3S/c1-17(2,3)22-16(21)19-14(9-10-23-4)15(20)11-12-7-5-6-8-13(12)18/h5-8,14H,9-11H2,1-4H3,(H,19,21)/t14-/m0/s1. The number of ether oxygens (including phenoxy) is 1. The highest BCUT2D eigenvalue weighted by atomic mass is 32.2. The highest BCUT2D eigenvalue weighted by molar-refractivity contribution is 7.98. The number of halogens is 1. The monoisotopic (exact) mass is 341 g/mol. The number of rotatable bonds is 7. The molecule has 1 aromatic rings. The van der Waals surface area contributed by atoms with Crippen molar-refractivity contribution in [3.05, 3.63) is 35.6 Å². The first-order valence-electron chi connectivity index (χ1n) is 7.47. The van der Waals surface area contributed by atoms with Crippen LogP contribution in [0.15, 0.2) is 24.3 Å². The van der Waals surface area contributed by atoms with Gasteiger partial charge in [-0.2, -0.15) is 11.8 Å². The summed E-state index contributed by atoms with van der Waals surface area (Å²) in [6.45, 7) is 5.26. The number of amides is 1. The van der Waals surface area contributed by atoms with Crippen molar-refractivity contribution in [1.82, 2.24) is 5.32 Å². The lowest BCUT2D eigenvalue weighted by atomic mass is 10.0. The maximum absolute atomic E-state index is 13.7. The fourth-order valence-corrected chi connectivity index (χ4v) is 2.42. The molecule has 0 unspecified atom stereocenters. The van der Waals surface area contributed by atoms with Crippen molar-refractivity contribution in [2.45, 2.75) is 45.3 Å². The van der Waals surface area contributed by atoms with Crippen molar-refractivity contribution in [3.63, 3.8) is 0 Å². The second kappa shape index (κ2) is 8.91. The zero-order chi connectivity index (χ0) is 17.5. The largest absolute Gasteiger partial charge is 0.444 e. The summed E-state index contributed by atoms with van der Waals surface area (Å²) < 4.78 is 18.9. The summed E-state index contributed by atoms with van der Waals surface area (Å²) >= 11 is 1.58. The van der Waals surface area contributed by atoms with Crippen molar-refractivity contribution < 1.29 is 18.7 Å². The summed E-state index contributed by atoms with van der Waals surface area (Å²) in [5, 5.41) is 2.60. The fraction of sp³-hybridized carbons (Fsp3) is 0.529. The predicted molar refractivity (Wildman–Crippen MR) is 91.3 cm³/mol. The number of alkyl carbamates (subject to hydrolysis) is 1. The van der Waals surface area contributed by atoms with Crippen LogP contribution in [0.25, 0.3) is 0 Å². The Morgan fingerprint density at radius 1 is 1.30 bits per heavy atom. The van der Waals surface area contributed by atoms with E-state index in [-0.39, 0.29) is 12.2 Å². The second-order valence-corrected chi connectivity index (χ2v) is 7.20. The van der Waals surface area contributed by atoms with Gasteiger partial charge in [-0.25, -0.2) is 9.18 Å². The minimum absolute atomic E-state index is 0.0540. The van der Waals surface area contributed by atoms with Crippen LogP contribution in [0, 0.1) is 5.82 Å². The van der Waals surface area contributed by atoms with Crippen molar-refractivity contribution >= 4 is 23.6 Å². The molecule has 0 bridgehead atoms. The number of ketones is 1. The molecule has 1 aromatic carbocycles. The molecule has 0 aliphatic rings. The van der Waals surface area contributed by atoms with Gasteiger partial charge >= 0.3 is 6.09 Å². The van der Waals surface area contributed by atoms with E-state index in [0.29, 0.717) is 17.7 Å². The molecule has 0 aliphatic carbocycles. The Balaban J connectivity index is 2.74. The van der Waals surface area contributed by atoms with E-state index < -0.39 is 23.6 Å². The number of carbonyl (C=O) groups is 2. The van der Waals surface area contributed by atoms with Gasteiger partial charge in [0.1, 0.15) is 11.4 Å². The first-order valence-corrected chi connectivity index (χ1v) is 8.87. The molecule has 1 N–H and O–H groups in total. The van der Waals surface area contributed by atoms with E-state index >= 15 is 0 Å². The summed E-state index contributed by atoms with van der Waals surface area (Å²) in [7, 11) is 0. The van der Waals surface area contributed by atoms with Gasteiger partial charge in [0.05, 0.1) is 6.04 Å². The average molecular weight is 341 g/mol. The van der Waals surface area contributed by atoms with Crippen LogP contribution in [0.1, 0.15) is 32.8 Å². The van der Waals surface area contributed by atoms with Gasteiger partial charge in [-0.3, -0.25) is 4.79 Å². The SMILES string of the molecule is CSCC[C@H](NC(=O)OC(C)(C)C)C(=O)Cc1ccccc1F. The van der Waals surface area contributed by atoms with Crippen LogP contribution in [-0.2, 0) is 16.0 Å². The van der Waals surface area contributed by atoms with Gasteiger partial charge in [0.15, 0.2) is 5.78 Å². The van der Waals surface area contributed by atoms with Crippen molar-refractivity contribution in [3.8, 4) is 0 Å². The number of hydrogen-bond acceptors (Lipinski definition) is 4. The Morgan fingerprint density at radius 2 is 1.96 bits per heavy atom. The summed E-state index contributed by atoms with van der Waals surface area (Å²) in [5.74, 6) is 0.0699. The van der Waals surface area contributed by atoms with Crippen molar-refractivity contribution in [2.24, 2.45) is 0 Å². The highest BCUT2D eigenvalue weighted by Crippen LogP contribution is 2.12. The molecule has 1 atom stereocenters. The molecule has 0 saturated heterocycles. The molecule has 23 heavy (non-hydrogen) atoms. The molecule has 1 amide bonds. The molecule has 0 saturated carbocycles. The van der Waals surface area contributed by atoms with Crippen LogP contribution in [0.3, 0.4) is 0 Å². The Bertz CT molecular complexity index is 543. The molecule has 0 spiro atoms. The van der Waals surface area contributed by atoms with Crippen LogP contribution in [0.4, 0.5) is 9.18 Å². The summed E-state index contributed by atoms with van der Waals surface area (Å²) in [4.78, 5) is 24.3. The van der Waals surface area contributed by atoms with E-state index in [2.05, 4.69) is 5.32 Å². The minimum atomic E-state index is -0.683. The van der Waals surface area contributed by atoms with E-state index in [1.807, 2.05) is 6.26 Å². The number of carbonyl (C=O) groups excluding carboxylic acids is 2. The predicted octanol–water partition coefficient (Wildman–Crippen LogP) is 3.58. The van der Waals surface area contributed by atoms with Gasteiger partial charge in [0.2, 0.25) is 0 Å². The Morgan fingerprint density at radius 3 is 2.52 bits per heavy atom. The maximum atomic E-state index is 13.7. The summed E-state index contributed by atoms with van der Waals surface area (Å²) in [6, 6.07) is 5.47. The van der Waals surface area contributed by atoms with E-state index in [4.69, 9.17) is 4.74 Å². The van der Waals surface area contributed by atoms with Gasteiger partial charge in [-0.1, -0.05) is 18.2 Å². The molecule has 128 valence electrons. The Kier molecular flexibility index (Phi) is 7.55. The first-order chi connectivity index (χ1) is 10.7. The molecule has 0 radical (unpaired) electrons. The lowest BCUT2D eigenvalue weighted by molar-refractivity contribution is -0.120. The molecule has 0 fully saturated rings. The number of thioether (sulfide) groups is 1. The van der Waals surface area contributed by atoms with Gasteiger partial charge in [0.25, 0.3) is 0 Å². The maximum Gasteiger partial charge on any atom is 0.408 e. The van der Waals surface area contributed by atoms with E-state index in [0.717, 1.165) is 0 Å². The Hall–Kier alpha value is -1.56.